The SMILES string of the molecule is CSCC[C@H](N)C(=O)NCC(N)c1ccc(C(C)C)cc1. The highest BCUT2D eigenvalue weighted by Gasteiger charge is 2.14. The summed E-state index contributed by atoms with van der Waals surface area (Å²) in [5.74, 6) is 1.26. The van der Waals surface area contributed by atoms with Gasteiger partial charge in [0.2, 0.25) is 5.91 Å². The van der Waals surface area contributed by atoms with Crippen molar-refractivity contribution in [3.05, 3.63) is 35.4 Å². The molecule has 0 radical (unpaired) electrons. The van der Waals surface area contributed by atoms with Crippen LogP contribution in [0.1, 0.15) is 43.4 Å². The van der Waals surface area contributed by atoms with Gasteiger partial charge in [0.1, 0.15) is 0 Å². The van der Waals surface area contributed by atoms with Crippen molar-refractivity contribution in [1.82, 2.24) is 5.32 Å². The molecule has 1 rings (SSSR count). The number of hydrogen-bond donors (Lipinski definition) is 3. The zero-order valence-corrected chi connectivity index (χ0v) is 14.0. The van der Waals surface area contributed by atoms with Gasteiger partial charge in [-0.15, -0.1) is 0 Å². The van der Waals surface area contributed by atoms with Gasteiger partial charge >= 0.3 is 0 Å². The molecule has 0 saturated heterocycles. The van der Waals surface area contributed by atoms with E-state index >= 15 is 0 Å². The molecule has 1 unspecified atom stereocenters. The van der Waals surface area contributed by atoms with Crippen LogP contribution < -0.4 is 16.8 Å². The summed E-state index contributed by atoms with van der Waals surface area (Å²) in [7, 11) is 0. The van der Waals surface area contributed by atoms with E-state index in [0.717, 1.165) is 11.3 Å². The average Bonchev–Trinajstić information content (AvgIpc) is 2.49. The molecule has 21 heavy (non-hydrogen) atoms. The Morgan fingerprint density at radius 1 is 1.19 bits per heavy atom. The van der Waals surface area contributed by atoms with Crippen molar-refractivity contribution in [3.8, 4) is 0 Å². The number of nitrogens with one attached hydrogen (secondary N) is 1. The normalized spacial score (nSPS) is 14.0. The summed E-state index contributed by atoms with van der Waals surface area (Å²) in [5.41, 5.74) is 14.2. The van der Waals surface area contributed by atoms with E-state index < -0.39 is 6.04 Å². The van der Waals surface area contributed by atoms with Crippen molar-refractivity contribution >= 4 is 17.7 Å². The summed E-state index contributed by atoms with van der Waals surface area (Å²) in [6, 6.07) is 7.58. The molecule has 0 aromatic heterocycles. The summed E-state index contributed by atoms with van der Waals surface area (Å²) < 4.78 is 0. The largest absolute Gasteiger partial charge is 0.353 e. The van der Waals surface area contributed by atoms with E-state index in [9.17, 15) is 4.79 Å². The van der Waals surface area contributed by atoms with E-state index in [4.69, 9.17) is 11.5 Å². The third-order valence-electron chi connectivity index (χ3n) is 3.50. The first-order chi connectivity index (χ1) is 9.95. The first-order valence-electron chi connectivity index (χ1n) is 7.33. The Bertz CT molecular complexity index is 434. The molecule has 0 aliphatic rings. The summed E-state index contributed by atoms with van der Waals surface area (Å²) >= 11 is 1.69. The van der Waals surface area contributed by atoms with Crippen molar-refractivity contribution < 1.29 is 4.79 Å². The molecule has 0 spiro atoms. The van der Waals surface area contributed by atoms with Gasteiger partial charge in [-0.25, -0.2) is 0 Å². The minimum absolute atomic E-state index is 0.127. The number of thioether (sulfide) groups is 1. The Kier molecular flexibility index (Phi) is 7.78. The van der Waals surface area contributed by atoms with Gasteiger partial charge in [-0.3, -0.25) is 4.79 Å². The van der Waals surface area contributed by atoms with Crippen LogP contribution in [0.5, 0.6) is 0 Å². The van der Waals surface area contributed by atoms with Crippen LogP contribution in [0.15, 0.2) is 24.3 Å². The zero-order chi connectivity index (χ0) is 15.8. The van der Waals surface area contributed by atoms with E-state index in [-0.39, 0.29) is 11.9 Å². The Morgan fingerprint density at radius 2 is 1.76 bits per heavy atom. The predicted octanol–water partition coefficient (Wildman–Crippen LogP) is 2.01. The van der Waals surface area contributed by atoms with Gasteiger partial charge in [-0.05, 0) is 35.5 Å². The summed E-state index contributed by atoms with van der Waals surface area (Å²) in [5, 5.41) is 2.83. The van der Waals surface area contributed by atoms with Gasteiger partial charge in [0.25, 0.3) is 0 Å². The second kappa shape index (κ2) is 9.07. The highest BCUT2D eigenvalue weighted by Crippen LogP contribution is 2.17. The van der Waals surface area contributed by atoms with Crippen LogP contribution in [-0.2, 0) is 4.79 Å². The predicted molar refractivity (Wildman–Crippen MR) is 91.4 cm³/mol. The summed E-state index contributed by atoms with van der Waals surface area (Å²) in [4.78, 5) is 11.8. The summed E-state index contributed by atoms with van der Waals surface area (Å²) in [6.45, 7) is 4.73. The maximum Gasteiger partial charge on any atom is 0.237 e. The fraction of sp³-hybridized carbons (Fsp3) is 0.562. The maximum absolute atomic E-state index is 11.8. The molecule has 0 heterocycles. The Hall–Kier alpha value is -1.04. The van der Waals surface area contributed by atoms with E-state index in [1.807, 2.05) is 18.4 Å². The first kappa shape index (κ1) is 18.0. The van der Waals surface area contributed by atoms with Gasteiger partial charge in [0, 0.05) is 12.6 Å². The number of nitrogens with two attached hydrogens (primary N) is 2. The molecular weight excluding hydrogens is 282 g/mol. The van der Waals surface area contributed by atoms with Crippen molar-refractivity contribution in [2.24, 2.45) is 11.5 Å². The number of hydrogen-bond acceptors (Lipinski definition) is 4. The van der Waals surface area contributed by atoms with Crippen LogP contribution >= 0.6 is 11.8 Å². The Morgan fingerprint density at radius 3 is 2.29 bits per heavy atom. The molecule has 1 aromatic rings. The van der Waals surface area contributed by atoms with Crippen LogP contribution in [0.4, 0.5) is 0 Å². The van der Waals surface area contributed by atoms with Gasteiger partial charge in [0.05, 0.1) is 6.04 Å². The molecule has 2 atom stereocenters. The monoisotopic (exact) mass is 309 g/mol. The topological polar surface area (TPSA) is 81.1 Å². The molecule has 5 heteroatoms. The van der Waals surface area contributed by atoms with Crippen LogP contribution in [0, 0.1) is 0 Å². The molecule has 4 nitrogen and oxygen atoms in total. The quantitative estimate of drug-likeness (QED) is 0.686. The number of amides is 1. The first-order valence-corrected chi connectivity index (χ1v) is 8.72. The lowest BCUT2D eigenvalue weighted by Crippen LogP contribution is -2.43. The van der Waals surface area contributed by atoms with Crippen LogP contribution in [0.2, 0.25) is 0 Å². The minimum Gasteiger partial charge on any atom is -0.353 e. The molecule has 0 bridgehead atoms. The smallest absolute Gasteiger partial charge is 0.237 e. The lowest BCUT2D eigenvalue weighted by molar-refractivity contribution is -0.122. The number of carbonyl (C=O) groups excluding carboxylic acids is 1. The van der Waals surface area contributed by atoms with Crippen molar-refractivity contribution in [2.45, 2.75) is 38.3 Å². The van der Waals surface area contributed by atoms with Gasteiger partial charge in [-0.1, -0.05) is 38.1 Å². The zero-order valence-electron chi connectivity index (χ0n) is 13.1. The average molecular weight is 309 g/mol. The third-order valence-corrected chi connectivity index (χ3v) is 4.14. The Balaban J connectivity index is 2.46. The Labute approximate surface area is 132 Å². The van der Waals surface area contributed by atoms with Gasteiger partial charge < -0.3 is 16.8 Å². The number of rotatable bonds is 8. The molecule has 0 saturated carbocycles. The summed E-state index contributed by atoms with van der Waals surface area (Å²) in [6.07, 6.45) is 2.69. The molecule has 1 amide bonds. The number of carbonyl (C=O) groups is 1. The minimum atomic E-state index is -0.451. The van der Waals surface area contributed by atoms with Crippen LogP contribution in [-0.4, -0.2) is 30.5 Å². The molecular formula is C16H27N3OS. The van der Waals surface area contributed by atoms with Crippen molar-refractivity contribution in [3.63, 3.8) is 0 Å². The molecule has 0 aliphatic carbocycles. The van der Waals surface area contributed by atoms with E-state index in [2.05, 4.69) is 31.3 Å². The second-order valence-electron chi connectivity index (χ2n) is 5.56. The van der Waals surface area contributed by atoms with E-state index in [0.29, 0.717) is 18.9 Å². The number of benzene rings is 1. The second-order valence-corrected chi connectivity index (χ2v) is 6.55. The van der Waals surface area contributed by atoms with Crippen molar-refractivity contribution in [1.29, 1.82) is 0 Å². The lowest BCUT2D eigenvalue weighted by Gasteiger charge is -2.16. The van der Waals surface area contributed by atoms with E-state index in [1.165, 1.54) is 5.56 Å². The third kappa shape index (κ3) is 6.08. The molecule has 0 fully saturated rings. The van der Waals surface area contributed by atoms with Crippen molar-refractivity contribution in [2.75, 3.05) is 18.6 Å². The fourth-order valence-electron chi connectivity index (χ4n) is 1.96. The van der Waals surface area contributed by atoms with Crippen LogP contribution in [0.25, 0.3) is 0 Å². The van der Waals surface area contributed by atoms with Gasteiger partial charge in [-0.2, -0.15) is 11.8 Å². The lowest BCUT2D eigenvalue weighted by atomic mass is 9.99. The maximum atomic E-state index is 11.8. The molecule has 0 aliphatic heterocycles. The highest BCUT2D eigenvalue weighted by molar-refractivity contribution is 7.98. The molecule has 118 valence electrons. The van der Waals surface area contributed by atoms with Gasteiger partial charge in [0.15, 0.2) is 0 Å². The van der Waals surface area contributed by atoms with Crippen LogP contribution in [0.3, 0.4) is 0 Å². The fourth-order valence-corrected chi connectivity index (χ4v) is 2.45. The molecule has 1 aromatic carbocycles. The standard InChI is InChI=1S/C16H27N3OS/c1-11(2)12-4-6-13(7-5-12)15(18)10-19-16(20)14(17)8-9-21-3/h4-7,11,14-15H,8-10,17-18H2,1-3H3,(H,19,20)/t14-,15?/m0/s1. The molecule has 5 N–H and O–H groups in total. The van der Waals surface area contributed by atoms with E-state index in [1.54, 1.807) is 11.8 Å². The highest BCUT2D eigenvalue weighted by atomic mass is 32.2.